The van der Waals surface area contributed by atoms with Crippen LogP contribution in [0.25, 0.3) is 0 Å². The fourth-order valence-corrected chi connectivity index (χ4v) is 1.55. The Morgan fingerprint density at radius 2 is 2.17 bits per heavy atom. The molecular formula is C7H13F2NO2. The highest BCUT2D eigenvalue weighted by atomic mass is 19.3. The van der Waals surface area contributed by atoms with Crippen molar-refractivity contribution in [3.8, 4) is 0 Å². The number of hydrogen-bond donors (Lipinski definition) is 2. The molecule has 2 N–H and O–H groups in total. The Kier molecular flexibility index (Phi) is 3.37. The highest BCUT2D eigenvalue weighted by Gasteiger charge is 2.31. The largest absolute Gasteiger partial charge is 0.395 e. The van der Waals surface area contributed by atoms with E-state index in [0.29, 0.717) is 6.42 Å². The van der Waals surface area contributed by atoms with Crippen LogP contribution in [0.1, 0.15) is 6.42 Å². The molecule has 1 aliphatic rings. The first kappa shape index (κ1) is 9.83. The first-order valence-electron chi connectivity index (χ1n) is 3.94. The van der Waals surface area contributed by atoms with Crippen LogP contribution in [0.2, 0.25) is 0 Å². The summed E-state index contributed by atoms with van der Waals surface area (Å²) in [4.78, 5) is 1.43. The van der Waals surface area contributed by atoms with Crippen molar-refractivity contribution in [1.29, 1.82) is 0 Å². The van der Waals surface area contributed by atoms with Gasteiger partial charge >= 0.3 is 0 Å². The Morgan fingerprint density at radius 1 is 1.50 bits per heavy atom. The molecule has 3 nitrogen and oxygen atoms in total. The molecule has 0 amide bonds. The summed E-state index contributed by atoms with van der Waals surface area (Å²) >= 11 is 0. The van der Waals surface area contributed by atoms with Gasteiger partial charge in [-0.25, -0.2) is 8.78 Å². The number of alkyl halides is 2. The molecule has 2 atom stereocenters. The van der Waals surface area contributed by atoms with Crippen molar-refractivity contribution in [2.45, 2.75) is 25.0 Å². The Bertz CT molecular complexity index is 145. The molecule has 0 aromatic heterocycles. The van der Waals surface area contributed by atoms with Gasteiger partial charge in [0.05, 0.1) is 19.3 Å². The SMILES string of the molecule is OC[C@@H]1C[C@@H](O)CN1CC(F)F. The smallest absolute Gasteiger partial charge is 0.251 e. The van der Waals surface area contributed by atoms with Gasteiger partial charge in [0.1, 0.15) is 0 Å². The molecule has 1 heterocycles. The molecule has 1 saturated heterocycles. The van der Waals surface area contributed by atoms with Crippen LogP contribution < -0.4 is 0 Å². The van der Waals surface area contributed by atoms with E-state index in [1.807, 2.05) is 0 Å². The summed E-state index contributed by atoms with van der Waals surface area (Å²) in [6, 6.07) is -0.297. The minimum Gasteiger partial charge on any atom is -0.395 e. The van der Waals surface area contributed by atoms with Crippen LogP contribution in [0.5, 0.6) is 0 Å². The summed E-state index contributed by atoms with van der Waals surface area (Å²) in [5, 5.41) is 17.9. The number of hydrogen-bond acceptors (Lipinski definition) is 3. The molecule has 0 aromatic rings. The van der Waals surface area contributed by atoms with E-state index in [1.165, 1.54) is 4.90 Å². The Labute approximate surface area is 69.6 Å². The van der Waals surface area contributed by atoms with Crippen molar-refractivity contribution in [2.75, 3.05) is 19.7 Å². The second-order valence-electron chi connectivity index (χ2n) is 3.07. The lowest BCUT2D eigenvalue weighted by atomic mass is 10.2. The van der Waals surface area contributed by atoms with E-state index in [-0.39, 0.29) is 25.7 Å². The lowest BCUT2D eigenvalue weighted by molar-refractivity contribution is 0.0634. The second-order valence-corrected chi connectivity index (χ2v) is 3.07. The van der Waals surface area contributed by atoms with Gasteiger partial charge in [0.2, 0.25) is 0 Å². The van der Waals surface area contributed by atoms with Crippen molar-refractivity contribution >= 4 is 0 Å². The molecule has 0 unspecified atom stereocenters. The van der Waals surface area contributed by atoms with Gasteiger partial charge in [-0.3, -0.25) is 4.90 Å². The van der Waals surface area contributed by atoms with Crippen LogP contribution in [0, 0.1) is 0 Å². The highest BCUT2D eigenvalue weighted by Crippen LogP contribution is 2.18. The second kappa shape index (κ2) is 4.11. The van der Waals surface area contributed by atoms with Crippen LogP contribution >= 0.6 is 0 Å². The quantitative estimate of drug-likeness (QED) is 0.627. The molecule has 1 rings (SSSR count). The van der Waals surface area contributed by atoms with E-state index in [9.17, 15) is 8.78 Å². The molecular weight excluding hydrogens is 168 g/mol. The van der Waals surface area contributed by atoms with Gasteiger partial charge in [-0.15, -0.1) is 0 Å². The number of halogens is 2. The third-order valence-corrected chi connectivity index (χ3v) is 2.09. The lowest BCUT2D eigenvalue weighted by Crippen LogP contribution is -2.36. The molecule has 12 heavy (non-hydrogen) atoms. The van der Waals surface area contributed by atoms with Crippen molar-refractivity contribution in [1.82, 2.24) is 4.90 Å². The van der Waals surface area contributed by atoms with Crippen molar-refractivity contribution in [3.05, 3.63) is 0 Å². The third kappa shape index (κ3) is 2.36. The van der Waals surface area contributed by atoms with Gasteiger partial charge in [0.25, 0.3) is 6.43 Å². The van der Waals surface area contributed by atoms with Gasteiger partial charge in [-0.2, -0.15) is 0 Å². The summed E-state index contributed by atoms with van der Waals surface area (Å²) in [5.74, 6) is 0. The minimum absolute atomic E-state index is 0.163. The third-order valence-electron chi connectivity index (χ3n) is 2.09. The van der Waals surface area contributed by atoms with E-state index in [2.05, 4.69) is 0 Å². The molecule has 0 spiro atoms. The summed E-state index contributed by atoms with van der Waals surface area (Å²) in [6.07, 6.45) is -2.58. The maximum absolute atomic E-state index is 11.9. The maximum atomic E-state index is 11.9. The number of aliphatic hydroxyl groups is 2. The zero-order valence-electron chi connectivity index (χ0n) is 6.66. The average molecular weight is 181 g/mol. The molecule has 0 aliphatic carbocycles. The normalized spacial score (nSPS) is 31.8. The molecule has 0 saturated carbocycles. The molecule has 5 heteroatoms. The van der Waals surface area contributed by atoms with E-state index in [0.717, 1.165) is 0 Å². The highest BCUT2D eigenvalue weighted by molar-refractivity contribution is 4.84. The Balaban J connectivity index is 2.40. The van der Waals surface area contributed by atoms with Gasteiger partial charge in [0.15, 0.2) is 0 Å². The molecule has 72 valence electrons. The van der Waals surface area contributed by atoms with Crippen LogP contribution in [-0.4, -0.2) is 53.4 Å². The molecule has 0 aromatic carbocycles. The molecule has 0 bridgehead atoms. The standard InChI is InChI=1S/C7H13F2NO2/c8-7(9)3-10-2-6(12)1-5(10)4-11/h5-7,11-12H,1-4H2/t5-,6+/m0/s1. The van der Waals surface area contributed by atoms with Crippen molar-refractivity contribution in [3.63, 3.8) is 0 Å². The summed E-state index contributed by atoms with van der Waals surface area (Å²) in [6.45, 7) is -0.276. The van der Waals surface area contributed by atoms with Crippen LogP contribution in [0.15, 0.2) is 0 Å². The minimum atomic E-state index is -2.40. The van der Waals surface area contributed by atoms with E-state index >= 15 is 0 Å². The summed E-state index contributed by atoms with van der Waals surface area (Å²) in [5.41, 5.74) is 0. The van der Waals surface area contributed by atoms with Gasteiger partial charge < -0.3 is 10.2 Å². The summed E-state index contributed by atoms with van der Waals surface area (Å²) < 4.78 is 23.8. The Hall–Kier alpha value is -0.260. The first-order valence-corrected chi connectivity index (χ1v) is 3.94. The van der Waals surface area contributed by atoms with Crippen LogP contribution in [0.4, 0.5) is 8.78 Å². The predicted molar refractivity (Wildman–Crippen MR) is 39.1 cm³/mol. The molecule has 0 radical (unpaired) electrons. The van der Waals surface area contributed by atoms with Gasteiger partial charge in [-0.05, 0) is 6.42 Å². The fourth-order valence-electron chi connectivity index (χ4n) is 1.55. The van der Waals surface area contributed by atoms with Gasteiger partial charge in [0, 0.05) is 12.6 Å². The first-order chi connectivity index (χ1) is 5.63. The van der Waals surface area contributed by atoms with E-state index in [4.69, 9.17) is 10.2 Å². The van der Waals surface area contributed by atoms with Crippen LogP contribution in [0.3, 0.4) is 0 Å². The molecule has 1 fully saturated rings. The van der Waals surface area contributed by atoms with Gasteiger partial charge in [-0.1, -0.05) is 0 Å². The number of β-amino-alcohol motifs (C(OH)–C–C–N with tert-alkyl or cyclic N) is 1. The van der Waals surface area contributed by atoms with Crippen molar-refractivity contribution < 1.29 is 19.0 Å². The van der Waals surface area contributed by atoms with Crippen molar-refractivity contribution in [2.24, 2.45) is 0 Å². The maximum Gasteiger partial charge on any atom is 0.251 e. The van der Waals surface area contributed by atoms with E-state index in [1.54, 1.807) is 0 Å². The fraction of sp³-hybridized carbons (Fsp3) is 1.00. The number of likely N-dealkylation sites (tertiary alicyclic amines) is 1. The van der Waals surface area contributed by atoms with Crippen LogP contribution in [-0.2, 0) is 0 Å². The summed E-state index contributed by atoms with van der Waals surface area (Å²) in [7, 11) is 0. The Morgan fingerprint density at radius 3 is 2.67 bits per heavy atom. The number of rotatable bonds is 3. The topological polar surface area (TPSA) is 43.7 Å². The number of aliphatic hydroxyl groups excluding tert-OH is 2. The zero-order valence-corrected chi connectivity index (χ0v) is 6.66. The van der Waals surface area contributed by atoms with E-state index < -0.39 is 12.5 Å². The zero-order chi connectivity index (χ0) is 9.14. The monoisotopic (exact) mass is 181 g/mol. The average Bonchev–Trinajstić information content (AvgIpc) is 2.29. The number of nitrogens with zero attached hydrogens (tertiary/aromatic N) is 1. The predicted octanol–water partition coefficient (Wildman–Crippen LogP) is -0.321. The lowest BCUT2D eigenvalue weighted by Gasteiger charge is -2.21. The molecule has 1 aliphatic heterocycles.